The second kappa shape index (κ2) is 21.2. The summed E-state index contributed by atoms with van der Waals surface area (Å²) in [6.45, 7) is 10.4. The van der Waals surface area contributed by atoms with Crippen molar-refractivity contribution < 1.29 is 22.7 Å². The molecule has 1 heterocycles. The number of carbonyl (C=O) groups excluding carboxylic acids is 2. The van der Waals surface area contributed by atoms with E-state index in [-0.39, 0.29) is 17.2 Å². The zero-order valence-corrected chi connectivity index (χ0v) is 32.9. The molecule has 0 aliphatic heterocycles. The van der Waals surface area contributed by atoms with Crippen LogP contribution in [0.25, 0.3) is 10.9 Å². The number of rotatable bonds is 11. The Bertz CT molecular complexity index is 2360. The summed E-state index contributed by atoms with van der Waals surface area (Å²) >= 11 is 6.03. The fourth-order valence-corrected chi connectivity index (χ4v) is 4.84. The summed E-state index contributed by atoms with van der Waals surface area (Å²) in [4.78, 5) is 27.7. The second-order valence-corrected chi connectivity index (χ2v) is 14.9. The molecule has 7 N–H and O–H groups in total. The number of para-hydroxylation sites is 1. The summed E-state index contributed by atoms with van der Waals surface area (Å²) in [5, 5.41) is 31.7. The molecule has 0 unspecified atom stereocenters. The van der Waals surface area contributed by atoms with Gasteiger partial charge in [0.05, 0.1) is 57.2 Å². The maximum atomic E-state index is 12.0. The van der Waals surface area contributed by atoms with Crippen molar-refractivity contribution in [2.75, 3.05) is 41.8 Å². The molecule has 0 radical (unpaired) electrons. The summed E-state index contributed by atoms with van der Waals surface area (Å²) in [6, 6.07) is 22.8. The summed E-state index contributed by atoms with van der Waals surface area (Å²) in [7, 11) is -2.67. The van der Waals surface area contributed by atoms with Crippen LogP contribution >= 0.6 is 11.6 Å². The topological polar surface area (TPSA) is 238 Å². The Balaban J connectivity index is 0.000000268. The molecule has 5 rings (SSSR count). The number of nitriles is 2. The van der Waals surface area contributed by atoms with Crippen LogP contribution in [-0.4, -0.2) is 63.1 Å². The molecule has 0 aliphatic rings. The number of fused-ring (bicyclic) bond motifs is 1. The van der Waals surface area contributed by atoms with Crippen molar-refractivity contribution in [3.63, 3.8) is 0 Å². The number of benzene rings is 4. The molecule has 0 fully saturated rings. The van der Waals surface area contributed by atoms with E-state index in [2.05, 4.69) is 67.2 Å². The number of nitrogens with zero attached hydrogens (tertiary/aromatic N) is 4. The highest BCUT2D eigenvalue weighted by Gasteiger charge is 2.11. The number of sulfone groups is 1. The molecule has 18 heteroatoms. The Hall–Kier alpha value is -6.82. The molecule has 0 saturated heterocycles. The molecule has 0 bridgehead atoms. The van der Waals surface area contributed by atoms with E-state index >= 15 is 0 Å². The zero-order valence-electron chi connectivity index (χ0n) is 31.4. The third-order valence-corrected chi connectivity index (χ3v) is 7.54. The Morgan fingerprint density at radius 1 is 0.893 bits per heavy atom. The van der Waals surface area contributed by atoms with Gasteiger partial charge < -0.3 is 15.4 Å². The molecule has 56 heavy (non-hydrogen) atoms. The lowest BCUT2D eigenvalue weighted by atomic mass is 10.1. The number of nitrogens with one attached hydrogen (secondary N) is 7. The van der Waals surface area contributed by atoms with E-state index in [9.17, 15) is 18.0 Å². The van der Waals surface area contributed by atoms with Crippen LogP contribution in [0.15, 0.2) is 77.9 Å². The van der Waals surface area contributed by atoms with Gasteiger partial charge in [0.15, 0.2) is 0 Å². The first-order chi connectivity index (χ1) is 26.6. The van der Waals surface area contributed by atoms with Crippen LogP contribution in [0.2, 0.25) is 5.02 Å². The minimum absolute atomic E-state index is 0.154. The SMILES string of the molecule is C=Nc1cc(C#N)c(C#N)cc1NNC(=O)Nc1cc(C)ccc1Cl.CS(C)(=O)=O.Cc1ccc(OCCCNC(=O)NNc2cccc3cn[nH]c23)c(C)c1. The Morgan fingerprint density at radius 2 is 1.54 bits per heavy atom. The molecule has 0 spiro atoms. The molecule has 0 aliphatic carbocycles. The first-order valence-corrected chi connectivity index (χ1v) is 19.4. The van der Waals surface area contributed by atoms with Gasteiger partial charge in [-0.25, -0.2) is 18.0 Å². The molecule has 16 nitrogen and oxygen atoms in total. The number of H-pyrrole nitrogens is 1. The maximum Gasteiger partial charge on any atom is 0.337 e. The van der Waals surface area contributed by atoms with Crippen LogP contribution in [0.5, 0.6) is 5.75 Å². The van der Waals surface area contributed by atoms with Gasteiger partial charge in [0.2, 0.25) is 0 Å². The van der Waals surface area contributed by atoms with Gasteiger partial charge in [-0.05, 0) is 81.4 Å². The number of anilines is 3. The number of aryl methyl sites for hydroxylation is 3. The number of amides is 4. The second-order valence-electron chi connectivity index (χ2n) is 12.2. The van der Waals surface area contributed by atoms with Crippen LogP contribution in [-0.2, 0) is 9.84 Å². The van der Waals surface area contributed by atoms with Gasteiger partial charge >= 0.3 is 12.1 Å². The van der Waals surface area contributed by atoms with E-state index in [1.54, 1.807) is 18.3 Å². The van der Waals surface area contributed by atoms with Crippen LogP contribution < -0.4 is 37.1 Å². The number of aromatic amines is 1. The van der Waals surface area contributed by atoms with Crippen LogP contribution in [0.1, 0.15) is 34.2 Å². The lowest BCUT2D eigenvalue weighted by Gasteiger charge is -2.13. The molecule has 0 atom stereocenters. The summed E-state index contributed by atoms with van der Waals surface area (Å²) in [5.41, 5.74) is 16.9. The predicted octanol–water partition coefficient (Wildman–Crippen LogP) is 6.81. The number of ether oxygens (including phenoxy) is 1. The number of aliphatic imine (C=N–C) groups is 1. The molecular weight excluding hydrogens is 758 g/mol. The largest absolute Gasteiger partial charge is 0.493 e. The van der Waals surface area contributed by atoms with Crippen molar-refractivity contribution in [2.24, 2.45) is 4.99 Å². The van der Waals surface area contributed by atoms with Gasteiger partial charge in [0.25, 0.3) is 0 Å². The highest BCUT2D eigenvalue weighted by Crippen LogP contribution is 2.28. The normalized spacial score (nSPS) is 10.1. The van der Waals surface area contributed by atoms with Gasteiger partial charge in [-0.1, -0.05) is 47.5 Å². The molecular formula is C38H42ClN11O5S. The van der Waals surface area contributed by atoms with Crippen molar-refractivity contribution >= 4 is 73.9 Å². The van der Waals surface area contributed by atoms with Crippen molar-refractivity contribution in [1.82, 2.24) is 26.4 Å². The van der Waals surface area contributed by atoms with E-state index < -0.39 is 15.9 Å². The summed E-state index contributed by atoms with van der Waals surface area (Å²) in [5.74, 6) is 0.884. The molecule has 1 aromatic heterocycles. The van der Waals surface area contributed by atoms with Gasteiger partial charge in [0, 0.05) is 24.4 Å². The van der Waals surface area contributed by atoms with Gasteiger partial charge in [-0.15, -0.1) is 0 Å². The number of aromatic nitrogens is 2. The third-order valence-electron chi connectivity index (χ3n) is 7.21. The minimum Gasteiger partial charge on any atom is -0.493 e. The number of hydrazine groups is 2. The van der Waals surface area contributed by atoms with E-state index in [0.29, 0.717) is 35.2 Å². The number of hydrogen-bond donors (Lipinski definition) is 7. The smallest absolute Gasteiger partial charge is 0.337 e. The average molecular weight is 800 g/mol. The quantitative estimate of drug-likeness (QED) is 0.0418. The average Bonchev–Trinajstić information content (AvgIpc) is 3.64. The Morgan fingerprint density at radius 3 is 2.21 bits per heavy atom. The fourth-order valence-electron chi connectivity index (χ4n) is 4.68. The number of halogens is 1. The van der Waals surface area contributed by atoms with Crippen molar-refractivity contribution in [3.8, 4) is 17.9 Å². The highest BCUT2D eigenvalue weighted by atomic mass is 35.5. The number of carbonyl (C=O) groups is 2. The maximum absolute atomic E-state index is 12.0. The van der Waals surface area contributed by atoms with E-state index in [0.717, 1.165) is 52.4 Å². The van der Waals surface area contributed by atoms with E-state index in [1.165, 1.54) is 17.7 Å². The van der Waals surface area contributed by atoms with Gasteiger partial charge in [-0.2, -0.15) is 15.6 Å². The van der Waals surface area contributed by atoms with Gasteiger partial charge in [0.1, 0.15) is 27.7 Å². The monoisotopic (exact) mass is 799 g/mol. The molecule has 5 aromatic rings. The summed E-state index contributed by atoms with van der Waals surface area (Å²) < 4.78 is 25.0. The lowest BCUT2D eigenvalue weighted by Crippen LogP contribution is -2.39. The fraction of sp³-hybridized carbons (Fsp3) is 0.211. The number of hydrogen-bond acceptors (Lipinski definition) is 11. The highest BCUT2D eigenvalue weighted by molar-refractivity contribution is 7.89. The van der Waals surface area contributed by atoms with E-state index in [1.807, 2.05) is 62.4 Å². The number of urea groups is 2. The first kappa shape index (κ1) is 43.6. The Labute approximate surface area is 330 Å². The van der Waals surface area contributed by atoms with E-state index in [4.69, 9.17) is 26.9 Å². The molecule has 292 valence electrons. The standard InChI is InChI=1S/C19H23N5O2.C17H13ClN6O.C2H6O2S/c1-13-7-8-17(14(2)11-13)26-10-4-9-20-19(25)24-22-16-6-3-5-15-12-21-23-18(15)16;1-10-3-4-13(18)14(5-10)22-17(25)24-23-16-7-12(9-20)11(8-19)6-15(16)21-2;1-5(2,3)4/h3,5-8,11-12,22H,4,9-10H2,1-2H3,(H,21,23)(H2,20,24,25);3-7,23H,2H2,1H3,(H2,22,24,25);1-2H3. The molecule has 4 aromatic carbocycles. The van der Waals surface area contributed by atoms with Gasteiger partial charge in [-0.3, -0.25) is 31.8 Å². The van der Waals surface area contributed by atoms with Crippen molar-refractivity contribution in [3.05, 3.63) is 106 Å². The molecule has 4 amide bonds. The Kier molecular flexibility index (Phi) is 16.5. The minimum atomic E-state index is -2.67. The third kappa shape index (κ3) is 14.5. The van der Waals surface area contributed by atoms with Crippen LogP contribution in [0.4, 0.5) is 32.3 Å². The first-order valence-electron chi connectivity index (χ1n) is 16.7. The summed E-state index contributed by atoms with van der Waals surface area (Å²) in [6.07, 6.45) is 4.77. The lowest BCUT2D eigenvalue weighted by molar-refractivity contribution is 0.241. The van der Waals surface area contributed by atoms with Crippen molar-refractivity contribution in [1.29, 1.82) is 10.5 Å². The van der Waals surface area contributed by atoms with Crippen LogP contribution in [0, 0.1) is 43.4 Å². The predicted molar refractivity (Wildman–Crippen MR) is 220 cm³/mol. The van der Waals surface area contributed by atoms with Crippen LogP contribution in [0.3, 0.4) is 0 Å². The molecule has 0 saturated carbocycles. The zero-order chi connectivity index (χ0) is 41.3. The van der Waals surface area contributed by atoms with Crippen molar-refractivity contribution in [2.45, 2.75) is 27.2 Å².